The molecule has 1 aromatic rings. The molecule has 1 N–H and O–H groups in total. The molecule has 5 heteroatoms. The summed E-state index contributed by atoms with van der Waals surface area (Å²) in [5.74, 6) is -0.633. The summed E-state index contributed by atoms with van der Waals surface area (Å²) in [5, 5.41) is 2.69. The molecule has 0 aliphatic carbocycles. The van der Waals surface area contributed by atoms with Crippen LogP contribution in [-0.2, 0) is 4.74 Å². The Kier molecular flexibility index (Phi) is 4.89. The van der Waals surface area contributed by atoms with Crippen LogP contribution in [0.2, 0.25) is 0 Å². The van der Waals surface area contributed by atoms with Crippen molar-refractivity contribution in [2.45, 2.75) is 13.0 Å². The van der Waals surface area contributed by atoms with Gasteiger partial charge in [0.15, 0.2) is 0 Å². The predicted octanol–water partition coefficient (Wildman–Crippen LogP) is 2.35. The van der Waals surface area contributed by atoms with Gasteiger partial charge in [0.05, 0.1) is 10.6 Å². The minimum Gasteiger partial charge on any atom is -0.380 e. The van der Waals surface area contributed by atoms with Gasteiger partial charge in [-0.15, -0.1) is 0 Å². The molecule has 16 heavy (non-hydrogen) atoms. The van der Waals surface area contributed by atoms with E-state index >= 15 is 0 Å². The lowest BCUT2D eigenvalue weighted by Crippen LogP contribution is -2.31. The lowest BCUT2D eigenvalue weighted by Gasteiger charge is -2.10. The standard InChI is InChI=1S/C11H13BrFNO2/c1-7(16-2)6-14-11(15)8-3-4-10(13)9(12)5-8/h3-5,7H,6H2,1-2H3,(H,14,15). The Morgan fingerprint density at radius 1 is 1.62 bits per heavy atom. The number of carbonyl (C=O) groups is 1. The first-order valence-corrected chi connectivity index (χ1v) is 5.60. The van der Waals surface area contributed by atoms with Gasteiger partial charge in [0, 0.05) is 19.2 Å². The maximum atomic E-state index is 12.9. The van der Waals surface area contributed by atoms with Crippen molar-refractivity contribution in [2.75, 3.05) is 13.7 Å². The molecule has 0 spiro atoms. The molecule has 88 valence electrons. The van der Waals surface area contributed by atoms with E-state index in [-0.39, 0.29) is 22.3 Å². The zero-order valence-electron chi connectivity index (χ0n) is 9.09. The number of carbonyl (C=O) groups excluding carboxylic acids is 1. The molecule has 1 amide bonds. The zero-order valence-corrected chi connectivity index (χ0v) is 10.7. The maximum absolute atomic E-state index is 12.9. The Morgan fingerprint density at radius 3 is 2.88 bits per heavy atom. The highest BCUT2D eigenvalue weighted by molar-refractivity contribution is 9.10. The summed E-state index contributed by atoms with van der Waals surface area (Å²) in [6.45, 7) is 2.27. The van der Waals surface area contributed by atoms with Crippen LogP contribution >= 0.6 is 15.9 Å². The van der Waals surface area contributed by atoms with E-state index in [1.807, 2.05) is 6.92 Å². The summed E-state index contributed by atoms with van der Waals surface area (Å²) < 4.78 is 18.2. The minimum atomic E-state index is -0.387. The van der Waals surface area contributed by atoms with Crippen LogP contribution in [0.3, 0.4) is 0 Å². The molecule has 0 radical (unpaired) electrons. The van der Waals surface area contributed by atoms with Crippen molar-refractivity contribution >= 4 is 21.8 Å². The molecule has 0 aliphatic heterocycles. The first kappa shape index (κ1) is 13.1. The van der Waals surface area contributed by atoms with Gasteiger partial charge in [0.25, 0.3) is 5.91 Å². The Hall–Kier alpha value is -0.940. The fraction of sp³-hybridized carbons (Fsp3) is 0.364. The summed E-state index contributed by atoms with van der Waals surface area (Å²) in [7, 11) is 1.57. The molecule has 1 unspecified atom stereocenters. The van der Waals surface area contributed by atoms with E-state index in [0.717, 1.165) is 0 Å². The fourth-order valence-corrected chi connectivity index (χ4v) is 1.44. The smallest absolute Gasteiger partial charge is 0.251 e. The molecule has 0 aromatic heterocycles. The van der Waals surface area contributed by atoms with Crippen molar-refractivity contribution < 1.29 is 13.9 Å². The van der Waals surface area contributed by atoms with Gasteiger partial charge in [-0.3, -0.25) is 4.79 Å². The molecule has 0 bridgehead atoms. The monoisotopic (exact) mass is 289 g/mol. The van der Waals surface area contributed by atoms with E-state index in [0.29, 0.717) is 12.1 Å². The van der Waals surface area contributed by atoms with Gasteiger partial charge >= 0.3 is 0 Å². The third-order valence-electron chi connectivity index (χ3n) is 2.13. The third kappa shape index (κ3) is 3.57. The summed E-state index contributed by atoms with van der Waals surface area (Å²) in [4.78, 5) is 11.6. The van der Waals surface area contributed by atoms with Crippen molar-refractivity contribution in [1.82, 2.24) is 5.32 Å². The van der Waals surface area contributed by atoms with Gasteiger partial charge in [-0.25, -0.2) is 4.39 Å². The molecular weight excluding hydrogens is 277 g/mol. The first-order chi connectivity index (χ1) is 7.54. The van der Waals surface area contributed by atoms with Gasteiger partial charge in [0.1, 0.15) is 5.82 Å². The first-order valence-electron chi connectivity index (χ1n) is 4.80. The average molecular weight is 290 g/mol. The maximum Gasteiger partial charge on any atom is 0.251 e. The Labute approximate surface area is 102 Å². The molecule has 3 nitrogen and oxygen atoms in total. The van der Waals surface area contributed by atoms with Gasteiger partial charge in [-0.05, 0) is 41.1 Å². The highest BCUT2D eigenvalue weighted by Gasteiger charge is 2.09. The molecule has 0 heterocycles. The highest BCUT2D eigenvalue weighted by Crippen LogP contribution is 2.16. The van der Waals surface area contributed by atoms with E-state index < -0.39 is 0 Å². The number of benzene rings is 1. The van der Waals surface area contributed by atoms with E-state index in [2.05, 4.69) is 21.2 Å². The molecule has 0 saturated carbocycles. The Balaban J connectivity index is 2.63. The van der Waals surface area contributed by atoms with Crippen LogP contribution in [0.1, 0.15) is 17.3 Å². The van der Waals surface area contributed by atoms with Crippen LogP contribution in [0.25, 0.3) is 0 Å². The normalized spacial score (nSPS) is 12.2. The molecule has 0 saturated heterocycles. The summed E-state index contributed by atoms with van der Waals surface area (Å²) >= 11 is 3.03. The number of hydrogen-bond donors (Lipinski definition) is 1. The van der Waals surface area contributed by atoms with Crippen molar-refractivity contribution in [3.05, 3.63) is 34.1 Å². The van der Waals surface area contributed by atoms with Crippen molar-refractivity contribution in [2.24, 2.45) is 0 Å². The molecular formula is C11H13BrFNO2. The number of nitrogens with one attached hydrogen (secondary N) is 1. The van der Waals surface area contributed by atoms with Crippen molar-refractivity contribution in [1.29, 1.82) is 0 Å². The Morgan fingerprint density at radius 2 is 2.31 bits per heavy atom. The van der Waals surface area contributed by atoms with E-state index in [9.17, 15) is 9.18 Å². The van der Waals surface area contributed by atoms with E-state index in [1.54, 1.807) is 7.11 Å². The third-order valence-corrected chi connectivity index (χ3v) is 2.74. The summed E-state index contributed by atoms with van der Waals surface area (Å²) in [6.07, 6.45) is -0.0483. The van der Waals surface area contributed by atoms with Crippen LogP contribution in [0.15, 0.2) is 22.7 Å². The highest BCUT2D eigenvalue weighted by atomic mass is 79.9. The summed E-state index contributed by atoms with van der Waals surface area (Å²) in [5.41, 5.74) is 0.413. The Bertz CT molecular complexity index is 384. The van der Waals surface area contributed by atoms with E-state index in [1.165, 1.54) is 18.2 Å². The lowest BCUT2D eigenvalue weighted by molar-refractivity contribution is 0.0870. The number of halogens is 2. The number of rotatable bonds is 4. The zero-order chi connectivity index (χ0) is 12.1. The van der Waals surface area contributed by atoms with Crippen LogP contribution < -0.4 is 5.32 Å². The molecule has 1 aromatic carbocycles. The number of methoxy groups -OCH3 is 1. The van der Waals surface area contributed by atoms with E-state index in [4.69, 9.17) is 4.74 Å². The van der Waals surface area contributed by atoms with Gasteiger partial charge in [-0.1, -0.05) is 0 Å². The molecule has 1 rings (SSSR count). The van der Waals surface area contributed by atoms with Crippen LogP contribution in [-0.4, -0.2) is 25.7 Å². The van der Waals surface area contributed by atoms with Crippen molar-refractivity contribution in [3.63, 3.8) is 0 Å². The number of hydrogen-bond acceptors (Lipinski definition) is 2. The average Bonchev–Trinajstić information content (AvgIpc) is 2.29. The fourth-order valence-electron chi connectivity index (χ4n) is 1.06. The van der Waals surface area contributed by atoms with Gasteiger partial charge in [0.2, 0.25) is 0 Å². The van der Waals surface area contributed by atoms with Gasteiger partial charge < -0.3 is 10.1 Å². The minimum absolute atomic E-state index is 0.0483. The predicted molar refractivity (Wildman–Crippen MR) is 62.9 cm³/mol. The molecule has 1 atom stereocenters. The van der Waals surface area contributed by atoms with Crippen LogP contribution in [0, 0.1) is 5.82 Å². The molecule has 0 aliphatic rings. The van der Waals surface area contributed by atoms with Crippen molar-refractivity contribution in [3.8, 4) is 0 Å². The SMILES string of the molecule is COC(C)CNC(=O)c1ccc(F)c(Br)c1. The second kappa shape index (κ2) is 5.96. The largest absolute Gasteiger partial charge is 0.380 e. The quantitative estimate of drug-likeness (QED) is 0.924. The summed E-state index contributed by atoms with van der Waals surface area (Å²) in [6, 6.07) is 4.13. The van der Waals surface area contributed by atoms with Crippen LogP contribution in [0.4, 0.5) is 4.39 Å². The van der Waals surface area contributed by atoms with Gasteiger partial charge in [-0.2, -0.15) is 0 Å². The second-order valence-electron chi connectivity index (χ2n) is 3.39. The number of ether oxygens (including phenoxy) is 1. The number of amides is 1. The second-order valence-corrected chi connectivity index (χ2v) is 4.24. The van der Waals surface area contributed by atoms with Crippen LogP contribution in [0.5, 0.6) is 0 Å². The topological polar surface area (TPSA) is 38.3 Å². The molecule has 0 fully saturated rings. The lowest BCUT2D eigenvalue weighted by atomic mass is 10.2.